The molecule has 1 aliphatic heterocycles. The first-order valence-corrected chi connectivity index (χ1v) is 8.87. The van der Waals surface area contributed by atoms with Gasteiger partial charge in [0, 0.05) is 18.1 Å². The molecule has 1 heterocycles. The maximum Gasteiger partial charge on any atom is 0.332 e. The van der Waals surface area contributed by atoms with Crippen LogP contribution in [0.15, 0.2) is 0 Å². The van der Waals surface area contributed by atoms with Crippen LogP contribution in [-0.2, 0) is 19.1 Å². The topological polar surface area (TPSA) is 84.9 Å². The summed E-state index contributed by atoms with van der Waals surface area (Å²) < 4.78 is 11.3. The van der Waals surface area contributed by atoms with Crippen LogP contribution >= 0.6 is 0 Å². The molecule has 4 atom stereocenters. The zero-order valence-electron chi connectivity index (χ0n) is 13.8. The molecule has 1 amide bonds. The summed E-state index contributed by atoms with van der Waals surface area (Å²) in [5.41, 5.74) is 0.0781. The third-order valence-electron chi connectivity index (χ3n) is 5.84. The fraction of sp³-hybridized carbons (Fsp3) is 0.882. The molecule has 6 nitrogen and oxygen atoms in total. The Morgan fingerprint density at radius 3 is 2.52 bits per heavy atom. The molecule has 1 spiro atoms. The van der Waals surface area contributed by atoms with E-state index >= 15 is 0 Å². The summed E-state index contributed by atoms with van der Waals surface area (Å²) in [6.07, 6.45) is 6.37. The molecule has 2 saturated carbocycles. The average Bonchev–Trinajstić information content (AvgIpc) is 3.05. The number of ether oxygens (including phenoxy) is 2. The maximum absolute atomic E-state index is 12.4. The Bertz CT molecular complexity index is 460. The van der Waals surface area contributed by atoms with Crippen molar-refractivity contribution < 1.29 is 24.2 Å². The highest BCUT2D eigenvalue weighted by Gasteiger charge is 2.56. The van der Waals surface area contributed by atoms with Crippen LogP contribution in [0.2, 0.25) is 0 Å². The van der Waals surface area contributed by atoms with Gasteiger partial charge in [-0.05, 0) is 39.0 Å². The van der Waals surface area contributed by atoms with E-state index in [1.165, 1.54) is 19.3 Å². The average molecular weight is 325 g/mol. The van der Waals surface area contributed by atoms with E-state index in [4.69, 9.17) is 14.6 Å². The van der Waals surface area contributed by atoms with Crippen molar-refractivity contribution in [3.8, 4) is 0 Å². The van der Waals surface area contributed by atoms with E-state index in [1.54, 1.807) is 0 Å². The quantitative estimate of drug-likeness (QED) is 0.806. The van der Waals surface area contributed by atoms with Crippen molar-refractivity contribution >= 4 is 11.9 Å². The van der Waals surface area contributed by atoms with E-state index in [1.807, 2.05) is 6.92 Å². The van der Waals surface area contributed by atoms with Gasteiger partial charge in [-0.3, -0.25) is 4.79 Å². The molecule has 3 aliphatic rings. The molecule has 0 bridgehead atoms. The summed E-state index contributed by atoms with van der Waals surface area (Å²) >= 11 is 0. The number of aliphatic carboxylic acids is 1. The highest BCUT2D eigenvalue weighted by atomic mass is 16.5. The molecule has 6 heteroatoms. The summed E-state index contributed by atoms with van der Waals surface area (Å²) in [7, 11) is 0. The van der Waals surface area contributed by atoms with Gasteiger partial charge in [-0.2, -0.15) is 0 Å². The zero-order valence-corrected chi connectivity index (χ0v) is 13.8. The Balaban J connectivity index is 1.59. The monoisotopic (exact) mass is 325 g/mol. The fourth-order valence-electron chi connectivity index (χ4n) is 4.54. The van der Waals surface area contributed by atoms with Gasteiger partial charge in [0.1, 0.15) is 6.10 Å². The van der Waals surface area contributed by atoms with Gasteiger partial charge in [0.25, 0.3) is 0 Å². The lowest BCUT2D eigenvalue weighted by molar-refractivity contribution is -0.163. The van der Waals surface area contributed by atoms with Crippen LogP contribution in [0.3, 0.4) is 0 Å². The lowest BCUT2D eigenvalue weighted by Gasteiger charge is -2.57. The zero-order chi connectivity index (χ0) is 16.4. The van der Waals surface area contributed by atoms with Gasteiger partial charge in [0.2, 0.25) is 5.91 Å². The highest BCUT2D eigenvalue weighted by Crippen LogP contribution is 2.53. The van der Waals surface area contributed by atoms with Crippen LogP contribution in [0.1, 0.15) is 58.3 Å². The van der Waals surface area contributed by atoms with Crippen LogP contribution in [0.5, 0.6) is 0 Å². The maximum atomic E-state index is 12.4. The number of amides is 1. The van der Waals surface area contributed by atoms with Gasteiger partial charge in [-0.15, -0.1) is 0 Å². The summed E-state index contributed by atoms with van der Waals surface area (Å²) in [4.78, 5) is 23.4. The normalized spacial score (nSPS) is 35.7. The molecular formula is C17H27NO5. The minimum Gasteiger partial charge on any atom is -0.479 e. The van der Waals surface area contributed by atoms with Gasteiger partial charge in [0.15, 0.2) is 6.10 Å². The molecule has 0 radical (unpaired) electrons. The minimum atomic E-state index is -0.982. The molecule has 23 heavy (non-hydrogen) atoms. The van der Waals surface area contributed by atoms with Crippen molar-refractivity contribution in [1.82, 2.24) is 5.32 Å². The van der Waals surface area contributed by atoms with E-state index in [-0.39, 0.29) is 23.5 Å². The second kappa shape index (κ2) is 6.77. The smallest absolute Gasteiger partial charge is 0.332 e. The van der Waals surface area contributed by atoms with Crippen LogP contribution in [-0.4, -0.2) is 47.9 Å². The molecule has 0 aromatic heterocycles. The summed E-state index contributed by atoms with van der Waals surface area (Å²) in [6.45, 7) is 2.72. The molecule has 3 fully saturated rings. The van der Waals surface area contributed by atoms with E-state index in [9.17, 15) is 9.59 Å². The van der Waals surface area contributed by atoms with Gasteiger partial charge in [-0.1, -0.05) is 19.3 Å². The number of rotatable bonds is 5. The van der Waals surface area contributed by atoms with E-state index in [0.29, 0.717) is 19.4 Å². The van der Waals surface area contributed by atoms with Crippen LogP contribution in [0.25, 0.3) is 0 Å². The van der Waals surface area contributed by atoms with Gasteiger partial charge < -0.3 is 19.9 Å². The lowest BCUT2D eigenvalue weighted by Crippen LogP contribution is -2.66. The number of carbonyl (C=O) groups is 2. The first-order valence-electron chi connectivity index (χ1n) is 8.87. The summed E-state index contributed by atoms with van der Waals surface area (Å²) in [5.74, 6) is -1.14. The predicted molar refractivity (Wildman–Crippen MR) is 83.0 cm³/mol. The van der Waals surface area contributed by atoms with Gasteiger partial charge in [0.05, 0.1) is 6.10 Å². The third-order valence-corrected chi connectivity index (χ3v) is 5.84. The molecule has 2 aliphatic carbocycles. The molecule has 2 N–H and O–H groups in total. The standard InChI is InChI=1S/C17H27NO5/c1-2-22-14-10-13(17(14)8-4-3-5-9-17)18-15(19)11-6-7-12(23-11)16(20)21/h11-14H,2-10H2,1H3,(H,18,19)(H,20,21)/t11-,12+,13?,14?/m0/s1. The van der Waals surface area contributed by atoms with Crippen molar-refractivity contribution in [2.75, 3.05) is 6.61 Å². The van der Waals surface area contributed by atoms with Crippen molar-refractivity contribution in [3.05, 3.63) is 0 Å². The number of nitrogens with one attached hydrogen (secondary N) is 1. The number of carboxylic acid groups (broad SMARTS) is 1. The molecular weight excluding hydrogens is 298 g/mol. The van der Waals surface area contributed by atoms with Crippen molar-refractivity contribution in [3.63, 3.8) is 0 Å². The van der Waals surface area contributed by atoms with Crippen LogP contribution in [0, 0.1) is 5.41 Å². The molecule has 0 aromatic rings. The number of carboxylic acids is 1. The Morgan fingerprint density at radius 2 is 1.91 bits per heavy atom. The number of carbonyl (C=O) groups excluding carboxylic acids is 1. The molecule has 3 rings (SSSR count). The lowest BCUT2D eigenvalue weighted by atomic mass is 9.55. The second-order valence-electron chi connectivity index (χ2n) is 7.06. The largest absolute Gasteiger partial charge is 0.479 e. The van der Waals surface area contributed by atoms with Gasteiger partial charge >= 0.3 is 5.97 Å². The highest BCUT2D eigenvalue weighted by molar-refractivity contribution is 5.83. The summed E-state index contributed by atoms with van der Waals surface area (Å²) in [6, 6.07) is 0.138. The van der Waals surface area contributed by atoms with Crippen molar-refractivity contribution in [2.45, 2.75) is 82.6 Å². The number of hydrogen-bond donors (Lipinski definition) is 2. The van der Waals surface area contributed by atoms with E-state index < -0.39 is 18.2 Å². The Morgan fingerprint density at radius 1 is 1.22 bits per heavy atom. The molecule has 130 valence electrons. The van der Waals surface area contributed by atoms with Gasteiger partial charge in [-0.25, -0.2) is 4.79 Å². The van der Waals surface area contributed by atoms with Crippen LogP contribution < -0.4 is 5.32 Å². The SMILES string of the molecule is CCOC1CC(NC(=O)[C@@H]2CC[C@H](C(=O)O)O2)C12CCCCC2. The number of hydrogen-bond acceptors (Lipinski definition) is 4. The first kappa shape index (κ1) is 16.7. The van der Waals surface area contributed by atoms with Crippen molar-refractivity contribution in [2.24, 2.45) is 5.41 Å². The Labute approximate surface area is 136 Å². The Hall–Kier alpha value is -1.14. The minimum absolute atomic E-state index is 0.0781. The molecule has 0 aromatic carbocycles. The van der Waals surface area contributed by atoms with Crippen molar-refractivity contribution in [1.29, 1.82) is 0 Å². The summed E-state index contributed by atoms with van der Waals surface area (Å²) in [5, 5.41) is 12.1. The second-order valence-corrected chi connectivity index (χ2v) is 7.06. The molecule has 2 unspecified atom stereocenters. The van der Waals surface area contributed by atoms with E-state index in [2.05, 4.69) is 5.32 Å². The first-order chi connectivity index (χ1) is 11.1. The third kappa shape index (κ3) is 3.11. The Kier molecular flexibility index (Phi) is 4.92. The molecule has 1 saturated heterocycles. The fourth-order valence-corrected chi connectivity index (χ4v) is 4.54. The predicted octanol–water partition coefficient (Wildman–Crippen LogP) is 1.86. The van der Waals surface area contributed by atoms with Crippen LogP contribution in [0.4, 0.5) is 0 Å². The van der Waals surface area contributed by atoms with E-state index in [0.717, 1.165) is 19.3 Å².